The summed E-state index contributed by atoms with van der Waals surface area (Å²) in [5.74, 6) is -5.24. The van der Waals surface area contributed by atoms with Gasteiger partial charge in [-0.25, -0.2) is 9.59 Å². The summed E-state index contributed by atoms with van der Waals surface area (Å²) in [7, 11) is 0. The van der Waals surface area contributed by atoms with Gasteiger partial charge in [-0.2, -0.15) is 0 Å². The summed E-state index contributed by atoms with van der Waals surface area (Å²) < 4.78 is 12.3. The summed E-state index contributed by atoms with van der Waals surface area (Å²) >= 11 is 0. The van der Waals surface area contributed by atoms with Crippen LogP contribution in [0.5, 0.6) is 0 Å². The van der Waals surface area contributed by atoms with Crippen LogP contribution in [0.1, 0.15) is 30.9 Å². The first-order valence-corrected chi connectivity index (χ1v) is 10.5. The summed E-state index contributed by atoms with van der Waals surface area (Å²) in [6.07, 6.45) is -1.14. The summed E-state index contributed by atoms with van der Waals surface area (Å²) in [5.41, 5.74) is 4.88. The number of nitrogens with two attached hydrogens (primary N) is 1. The minimum Gasteiger partial charge on any atom is -0.481 e. The Bertz CT molecular complexity index is 987. The smallest absolute Gasteiger partial charge is 0.408 e. The number of ketones is 1. The molecule has 0 aliphatic carbocycles. The van der Waals surface area contributed by atoms with Crippen LogP contribution in [0.3, 0.4) is 0 Å². The maximum atomic E-state index is 13.4. The van der Waals surface area contributed by atoms with Crippen LogP contribution in [-0.4, -0.2) is 45.6 Å². The lowest BCUT2D eigenvalue weighted by molar-refractivity contribution is -0.153. The third-order valence-corrected chi connectivity index (χ3v) is 5.24. The average molecular weight is 458 g/mol. The van der Waals surface area contributed by atoms with Gasteiger partial charge < -0.3 is 26.0 Å². The van der Waals surface area contributed by atoms with E-state index in [0.29, 0.717) is 11.1 Å². The number of ether oxygens (including phenoxy) is 1. The molecule has 2 unspecified atom stereocenters. The monoisotopic (exact) mass is 457 g/mol. The van der Waals surface area contributed by atoms with Crippen LogP contribution in [0.2, 0.25) is 0 Å². The Labute approximate surface area is 193 Å². The molecule has 176 valence electrons. The van der Waals surface area contributed by atoms with Crippen LogP contribution >= 0.6 is 0 Å². The lowest BCUT2D eigenvalue weighted by Crippen LogP contribution is -2.64. The zero-order valence-corrected chi connectivity index (χ0v) is 18.2. The Morgan fingerprint density at radius 2 is 1.64 bits per heavy atom. The molecule has 0 spiro atoms. The van der Waals surface area contributed by atoms with Gasteiger partial charge in [-0.3, -0.25) is 9.59 Å². The van der Waals surface area contributed by atoms with Crippen LogP contribution in [0.4, 0.5) is 4.79 Å². The zero-order valence-electron chi connectivity index (χ0n) is 19.2. The second-order valence-electron chi connectivity index (χ2n) is 7.69. The second-order valence-corrected chi connectivity index (χ2v) is 7.69. The Morgan fingerprint density at radius 1 is 1.06 bits per heavy atom. The molecule has 3 atom stereocenters. The van der Waals surface area contributed by atoms with E-state index in [4.69, 9.17) is 11.9 Å². The molecule has 2 aromatic rings. The predicted octanol–water partition coefficient (Wildman–Crippen LogP) is 2.38. The van der Waals surface area contributed by atoms with Crippen molar-refractivity contribution in [3.8, 4) is 0 Å². The van der Waals surface area contributed by atoms with Crippen molar-refractivity contribution in [2.75, 3.05) is 0 Å². The fraction of sp³-hybridized carbons (Fsp3) is 0.333. The fourth-order valence-electron chi connectivity index (χ4n) is 3.45. The highest BCUT2D eigenvalue weighted by atomic mass is 16.5. The number of carbonyl (C=O) groups excluding carboxylic acids is 2. The average Bonchev–Trinajstić information content (AvgIpc) is 2.85. The van der Waals surface area contributed by atoms with Crippen molar-refractivity contribution in [2.45, 2.75) is 44.4 Å². The maximum Gasteiger partial charge on any atom is 0.408 e. The van der Waals surface area contributed by atoms with Gasteiger partial charge in [0, 0.05) is 0 Å². The lowest BCUT2D eigenvalue weighted by atomic mass is 9.79. The quantitative estimate of drug-likeness (QED) is 0.354. The van der Waals surface area contributed by atoms with Crippen LogP contribution < -0.4 is 11.1 Å². The Balaban J connectivity index is 2.38. The van der Waals surface area contributed by atoms with Crippen LogP contribution in [0.25, 0.3) is 1.43 Å². The number of benzene rings is 2. The molecule has 9 nitrogen and oxygen atoms in total. The van der Waals surface area contributed by atoms with E-state index in [0.717, 1.165) is 0 Å². The fourth-order valence-corrected chi connectivity index (χ4v) is 3.45. The van der Waals surface area contributed by atoms with Crippen molar-refractivity contribution in [2.24, 2.45) is 11.7 Å². The summed E-state index contributed by atoms with van der Waals surface area (Å²) in [4.78, 5) is 50.5. The van der Waals surface area contributed by atoms with Gasteiger partial charge in [-0.05, 0) is 24.0 Å². The highest BCUT2D eigenvalue weighted by Crippen LogP contribution is 2.22. The number of carboxylic acid groups (broad SMARTS) is 2. The largest absolute Gasteiger partial charge is 0.481 e. The number of amides is 1. The molecule has 0 bridgehead atoms. The van der Waals surface area contributed by atoms with Gasteiger partial charge in [0.1, 0.15) is 12.6 Å². The molecule has 0 aromatic heterocycles. The standard InChI is InChI=1S/C24H28N2O7/c1-2-13-24(25,22(30)31)20(27)19(18(21(28)29)14-16-9-5-3-6-10-16)26-23(32)33-15-17-11-7-4-8-12-17/h3-12,18-19H,2,13-15,25H2,1H3,(H,26,32)(H,28,29)(H,30,31)/t18?,19-,24?/m0/s1/i/hD. The zero-order chi connectivity index (χ0) is 25.1. The van der Waals surface area contributed by atoms with Crippen molar-refractivity contribution in [1.82, 2.24) is 5.32 Å². The molecule has 0 radical (unpaired) electrons. The first kappa shape index (κ1) is 23.9. The molecule has 2 aromatic carbocycles. The van der Waals surface area contributed by atoms with E-state index in [1.54, 1.807) is 67.6 Å². The van der Waals surface area contributed by atoms with Crippen molar-refractivity contribution < 1.29 is 34.1 Å². The van der Waals surface area contributed by atoms with Crippen molar-refractivity contribution in [1.29, 1.82) is 1.43 Å². The van der Waals surface area contributed by atoms with Gasteiger partial charge in [-0.15, -0.1) is 0 Å². The number of aliphatic carboxylic acids is 2. The molecule has 0 heterocycles. The van der Waals surface area contributed by atoms with Crippen LogP contribution in [0.15, 0.2) is 60.7 Å². The number of rotatable bonds is 12. The summed E-state index contributed by atoms with van der Waals surface area (Å²) in [6, 6.07) is 15.6. The van der Waals surface area contributed by atoms with E-state index in [9.17, 15) is 24.3 Å². The molecule has 0 fully saturated rings. The van der Waals surface area contributed by atoms with Gasteiger partial charge in [0.25, 0.3) is 1.43 Å². The first-order valence-electron chi connectivity index (χ1n) is 10.9. The lowest BCUT2D eigenvalue weighted by Gasteiger charge is -2.31. The third-order valence-electron chi connectivity index (χ3n) is 5.24. The SMILES string of the molecule is [2H]OC(=O)C(Cc1ccccc1)[C@H](NC(=O)OCc1ccccc1)C(=O)C(N)(CCC)C(=O)O. The molecule has 0 saturated carbocycles. The molecule has 0 aliphatic heterocycles. The Kier molecular flexibility index (Phi) is 8.54. The molecule has 0 aliphatic rings. The number of hydrogen-bond donors (Lipinski definition) is 4. The van der Waals surface area contributed by atoms with E-state index in [1.165, 1.54) is 0 Å². The molecular weight excluding hydrogens is 428 g/mol. The van der Waals surface area contributed by atoms with Crippen molar-refractivity contribution in [3.05, 3.63) is 71.8 Å². The molecule has 0 saturated heterocycles. The van der Waals surface area contributed by atoms with Gasteiger partial charge in [0.05, 0.1) is 5.92 Å². The molecular formula is C24H28N2O7. The number of carbonyl (C=O) groups is 4. The highest BCUT2D eigenvalue weighted by Gasteiger charge is 2.49. The maximum absolute atomic E-state index is 13.4. The number of alkyl carbamates (subject to hydrolysis) is 1. The van der Waals surface area contributed by atoms with E-state index in [2.05, 4.69) is 10.4 Å². The van der Waals surface area contributed by atoms with Crippen molar-refractivity contribution >= 4 is 23.8 Å². The second kappa shape index (κ2) is 11.8. The third kappa shape index (κ3) is 6.88. The van der Waals surface area contributed by atoms with Gasteiger partial charge in [-0.1, -0.05) is 74.0 Å². The molecule has 2 rings (SSSR count). The van der Waals surface area contributed by atoms with Gasteiger partial charge in [0.15, 0.2) is 11.3 Å². The van der Waals surface area contributed by atoms with E-state index in [1.807, 2.05) is 0 Å². The number of Topliss-reactive ketones (excluding diaryl/α,β-unsaturated/α-hetero) is 1. The van der Waals surface area contributed by atoms with Gasteiger partial charge in [0.2, 0.25) is 0 Å². The number of hydrogen-bond acceptors (Lipinski definition) is 7. The molecule has 5 N–H and O–H groups in total. The number of carboxylic acids is 2. The predicted molar refractivity (Wildman–Crippen MR) is 119 cm³/mol. The molecule has 33 heavy (non-hydrogen) atoms. The van der Waals surface area contributed by atoms with Crippen LogP contribution in [0, 0.1) is 5.92 Å². The number of nitrogens with one attached hydrogen (secondary N) is 1. The first-order chi connectivity index (χ1) is 16.2. The minimum atomic E-state index is -2.37. The Morgan fingerprint density at radius 3 is 2.15 bits per heavy atom. The topological polar surface area (TPSA) is 156 Å². The minimum absolute atomic E-state index is 0.115. The van der Waals surface area contributed by atoms with E-state index < -0.39 is 41.3 Å². The highest BCUT2D eigenvalue weighted by molar-refractivity contribution is 6.11. The Hall–Kier alpha value is -3.72. The van der Waals surface area contributed by atoms with E-state index in [-0.39, 0.29) is 25.9 Å². The van der Waals surface area contributed by atoms with Crippen molar-refractivity contribution in [3.63, 3.8) is 0 Å². The molecule has 9 heteroatoms. The summed E-state index contributed by atoms with van der Waals surface area (Å²) in [5, 5.41) is 16.1. The van der Waals surface area contributed by atoms with E-state index >= 15 is 0 Å². The van der Waals surface area contributed by atoms with Crippen LogP contribution in [-0.2, 0) is 32.1 Å². The molecule has 1 amide bonds. The summed E-state index contributed by atoms with van der Waals surface area (Å²) in [6.45, 7) is 1.52. The normalized spacial score (nSPS) is 14.7. The van der Waals surface area contributed by atoms with Gasteiger partial charge >= 0.3 is 18.0 Å².